The lowest BCUT2D eigenvalue weighted by atomic mass is 10.2. The van der Waals surface area contributed by atoms with Gasteiger partial charge in [-0.25, -0.2) is 8.42 Å². The van der Waals surface area contributed by atoms with Gasteiger partial charge >= 0.3 is 0 Å². The van der Waals surface area contributed by atoms with E-state index in [9.17, 15) is 8.42 Å². The predicted molar refractivity (Wildman–Crippen MR) is 71.2 cm³/mol. The molecule has 0 saturated carbocycles. The van der Waals surface area contributed by atoms with Gasteiger partial charge in [-0.2, -0.15) is 0 Å². The summed E-state index contributed by atoms with van der Waals surface area (Å²) in [6, 6.07) is 6.67. The number of sulfone groups is 1. The van der Waals surface area contributed by atoms with Crippen LogP contribution < -0.4 is 5.32 Å². The normalized spacial score (nSPS) is 11.7. The standard InChI is InChI=1S/C11H13N3O2S2/c1-12-7-10-13-14-11(17-10)8-3-5-9(6-4-8)18(2,15)16/h3-6,12H,7H2,1-2H3. The zero-order chi connectivity index (χ0) is 13.2. The van der Waals surface area contributed by atoms with Crippen LogP contribution in [-0.4, -0.2) is 31.9 Å². The Hall–Kier alpha value is -1.31. The summed E-state index contributed by atoms with van der Waals surface area (Å²) in [5.41, 5.74) is 0.877. The first-order valence-electron chi connectivity index (χ1n) is 5.28. The zero-order valence-corrected chi connectivity index (χ0v) is 11.7. The van der Waals surface area contributed by atoms with Gasteiger partial charge in [0.1, 0.15) is 10.0 Å². The molecule has 1 aromatic carbocycles. The smallest absolute Gasteiger partial charge is 0.175 e. The van der Waals surface area contributed by atoms with E-state index in [1.807, 2.05) is 7.05 Å². The molecular formula is C11H13N3O2S2. The molecule has 2 aromatic rings. The summed E-state index contributed by atoms with van der Waals surface area (Å²) in [5, 5.41) is 12.8. The topological polar surface area (TPSA) is 72.0 Å². The first kappa shape index (κ1) is 13.1. The Morgan fingerprint density at radius 3 is 2.44 bits per heavy atom. The van der Waals surface area contributed by atoms with E-state index in [1.165, 1.54) is 17.6 Å². The monoisotopic (exact) mass is 283 g/mol. The Bertz CT molecular complexity index is 633. The molecule has 0 atom stereocenters. The number of nitrogens with zero attached hydrogens (tertiary/aromatic N) is 2. The lowest BCUT2D eigenvalue weighted by Crippen LogP contribution is -2.04. The third kappa shape index (κ3) is 2.92. The summed E-state index contributed by atoms with van der Waals surface area (Å²) in [6.45, 7) is 0.680. The number of rotatable bonds is 4. The number of hydrogen-bond acceptors (Lipinski definition) is 6. The maximum atomic E-state index is 11.3. The highest BCUT2D eigenvalue weighted by molar-refractivity contribution is 7.90. The SMILES string of the molecule is CNCc1nnc(-c2ccc(S(C)(=O)=O)cc2)s1. The summed E-state index contributed by atoms with van der Waals surface area (Å²) in [4.78, 5) is 0.311. The molecule has 1 N–H and O–H groups in total. The van der Waals surface area contributed by atoms with Crippen LogP contribution in [0.4, 0.5) is 0 Å². The number of hydrogen-bond donors (Lipinski definition) is 1. The first-order chi connectivity index (χ1) is 8.50. The average Bonchev–Trinajstić information content (AvgIpc) is 2.77. The fraction of sp³-hybridized carbons (Fsp3) is 0.273. The maximum Gasteiger partial charge on any atom is 0.175 e. The third-order valence-corrected chi connectivity index (χ3v) is 4.43. The van der Waals surface area contributed by atoms with Gasteiger partial charge in [-0.3, -0.25) is 0 Å². The van der Waals surface area contributed by atoms with Crippen LogP contribution in [0.5, 0.6) is 0 Å². The van der Waals surface area contributed by atoms with Crippen LogP contribution in [0.25, 0.3) is 10.6 Å². The highest BCUT2D eigenvalue weighted by Gasteiger charge is 2.09. The van der Waals surface area contributed by atoms with Gasteiger partial charge in [0.05, 0.1) is 4.90 Å². The predicted octanol–water partition coefficient (Wildman–Crippen LogP) is 1.33. The average molecular weight is 283 g/mol. The minimum absolute atomic E-state index is 0.311. The highest BCUT2D eigenvalue weighted by atomic mass is 32.2. The van der Waals surface area contributed by atoms with Gasteiger partial charge in [0.2, 0.25) is 0 Å². The van der Waals surface area contributed by atoms with Gasteiger partial charge in [0, 0.05) is 18.4 Å². The molecule has 0 aliphatic carbocycles. The molecule has 0 fully saturated rings. The molecule has 0 aliphatic rings. The van der Waals surface area contributed by atoms with Crippen LogP contribution in [0.1, 0.15) is 5.01 Å². The van der Waals surface area contributed by atoms with E-state index in [0.717, 1.165) is 15.6 Å². The Morgan fingerprint density at radius 1 is 1.22 bits per heavy atom. The Morgan fingerprint density at radius 2 is 1.89 bits per heavy atom. The van der Waals surface area contributed by atoms with Crippen LogP contribution in [0.3, 0.4) is 0 Å². The summed E-state index contributed by atoms with van der Waals surface area (Å²) >= 11 is 1.49. The molecule has 0 saturated heterocycles. The van der Waals surface area contributed by atoms with Crippen molar-refractivity contribution >= 4 is 21.2 Å². The molecule has 96 valence electrons. The second-order valence-corrected chi connectivity index (χ2v) is 6.91. The molecule has 0 aliphatic heterocycles. The third-order valence-electron chi connectivity index (χ3n) is 2.32. The first-order valence-corrected chi connectivity index (χ1v) is 7.99. The number of benzene rings is 1. The minimum Gasteiger partial charge on any atom is -0.313 e. The Kier molecular flexibility index (Phi) is 3.74. The van der Waals surface area contributed by atoms with Crippen molar-refractivity contribution in [1.29, 1.82) is 0 Å². The second kappa shape index (κ2) is 5.13. The van der Waals surface area contributed by atoms with Crippen molar-refractivity contribution in [3.05, 3.63) is 29.3 Å². The molecule has 1 heterocycles. The molecule has 5 nitrogen and oxygen atoms in total. The largest absolute Gasteiger partial charge is 0.313 e. The van der Waals surface area contributed by atoms with E-state index in [-0.39, 0.29) is 0 Å². The zero-order valence-electron chi connectivity index (χ0n) is 10.0. The van der Waals surface area contributed by atoms with Crippen LogP contribution in [0.15, 0.2) is 29.2 Å². The van der Waals surface area contributed by atoms with Crippen molar-refractivity contribution in [2.75, 3.05) is 13.3 Å². The van der Waals surface area contributed by atoms with E-state index >= 15 is 0 Å². The van der Waals surface area contributed by atoms with Crippen LogP contribution in [-0.2, 0) is 16.4 Å². The molecule has 7 heteroatoms. The van der Waals surface area contributed by atoms with Gasteiger partial charge in [0.25, 0.3) is 0 Å². The van der Waals surface area contributed by atoms with Gasteiger partial charge in [-0.05, 0) is 19.2 Å². The minimum atomic E-state index is -3.15. The summed E-state index contributed by atoms with van der Waals surface area (Å²) in [7, 11) is -1.30. The maximum absolute atomic E-state index is 11.3. The van der Waals surface area contributed by atoms with E-state index in [4.69, 9.17) is 0 Å². The number of aromatic nitrogens is 2. The number of nitrogens with one attached hydrogen (secondary N) is 1. The summed E-state index contributed by atoms with van der Waals surface area (Å²) in [5.74, 6) is 0. The molecule has 18 heavy (non-hydrogen) atoms. The summed E-state index contributed by atoms with van der Waals surface area (Å²) in [6.07, 6.45) is 1.19. The molecule has 1 aromatic heterocycles. The molecule has 0 amide bonds. The van der Waals surface area contributed by atoms with Crippen LogP contribution >= 0.6 is 11.3 Å². The molecule has 2 rings (SSSR count). The van der Waals surface area contributed by atoms with Crippen molar-refractivity contribution in [3.8, 4) is 10.6 Å². The van der Waals surface area contributed by atoms with Gasteiger partial charge < -0.3 is 5.32 Å². The van der Waals surface area contributed by atoms with E-state index in [2.05, 4.69) is 15.5 Å². The molecule has 0 spiro atoms. The van der Waals surface area contributed by atoms with Gasteiger partial charge in [-0.1, -0.05) is 23.5 Å². The van der Waals surface area contributed by atoms with Crippen molar-refractivity contribution in [2.24, 2.45) is 0 Å². The highest BCUT2D eigenvalue weighted by Crippen LogP contribution is 2.24. The van der Waals surface area contributed by atoms with E-state index in [1.54, 1.807) is 24.3 Å². The van der Waals surface area contributed by atoms with E-state index < -0.39 is 9.84 Å². The van der Waals surface area contributed by atoms with Crippen LogP contribution in [0, 0.1) is 0 Å². The molecule has 0 bridgehead atoms. The van der Waals surface area contributed by atoms with Crippen molar-refractivity contribution < 1.29 is 8.42 Å². The lowest BCUT2D eigenvalue weighted by Gasteiger charge is -1.99. The summed E-state index contributed by atoms with van der Waals surface area (Å²) < 4.78 is 22.7. The fourth-order valence-corrected chi connectivity index (χ4v) is 2.93. The quantitative estimate of drug-likeness (QED) is 0.916. The molecule has 0 unspecified atom stereocenters. The Balaban J connectivity index is 2.28. The fourth-order valence-electron chi connectivity index (χ4n) is 1.44. The molecular weight excluding hydrogens is 270 g/mol. The van der Waals surface area contributed by atoms with Crippen LogP contribution in [0.2, 0.25) is 0 Å². The van der Waals surface area contributed by atoms with Crippen molar-refractivity contribution in [1.82, 2.24) is 15.5 Å². The van der Waals surface area contributed by atoms with Crippen molar-refractivity contribution in [2.45, 2.75) is 11.4 Å². The lowest BCUT2D eigenvalue weighted by molar-refractivity contribution is 0.602. The van der Waals surface area contributed by atoms with Crippen molar-refractivity contribution in [3.63, 3.8) is 0 Å². The van der Waals surface area contributed by atoms with Gasteiger partial charge in [-0.15, -0.1) is 10.2 Å². The van der Waals surface area contributed by atoms with Gasteiger partial charge in [0.15, 0.2) is 9.84 Å². The second-order valence-electron chi connectivity index (χ2n) is 3.83. The molecule has 0 radical (unpaired) electrons. The Labute approximate surface area is 110 Å². The van der Waals surface area contributed by atoms with E-state index in [0.29, 0.717) is 11.4 Å².